The number of carbonyl (C=O) groups excluding carboxylic acids is 2. The van der Waals surface area contributed by atoms with Gasteiger partial charge in [0.15, 0.2) is 0 Å². The van der Waals surface area contributed by atoms with Crippen LogP contribution in [0.3, 0.4) is 0 Å². The molecule has 5 nitrogen and oxygen atoms in total. The molecule has 2 N–H and O–H groups in total. The van der Waals surface area contributed by atoms with Crippen molar-refractivity contribution < 1.29 is 9.59 Å². The Morgan fingerprint density at radius 1 is 1.53 bits per heavy atom. The number of likely N-dealkylation sites (tertiary alicyclic amines) is 1. The summed E-state index contributed by atoms with van der Waals surface area (Å²) in [5, 5.41) is 0. The van der Waals surface area contributed by atoms with Gasteiger partial charge in [0.1, 0.15) is 0 Å². The lowest BCUT2D eigenvalue weighted by atomic mass is 10.0. The second-order valence-electron chi connectivity index (χ2n) is 4.67. The molecule has 5 heteroatoms. The van der Waals surface area contributed by atoms with Crippen LogP contribution in [0, 0.1) is 0 Å². The molecule has 1 unspecified atom stereocenters. The molecule has 1 aliphatic rings. The van der Waals surface area contributed by atoms with Gasteiger partial charge >= 0.3 is 0 Å². The molecule has 0 radical (unpaired) electrons. The van der Waals surface area contributed by atoms with Crippen LogP contribution in [-0.4, -0.2) is 53.3 Å². The maximum atomic E-state index is 11.8. The molecular formula is C12H23N3O2. The first-order chi connectivity index (χ1) is 7.97. The van der Waals surface area contributed by atoms with E-state index in [1.165, 1.54) is 0 Å². The second kappa shape index (κ2) is 6.00. The molecule has 1 aliphatic heterocycles. The molecule has 0 saturated carbocycles. The predicted octanol–water partition coefficient (Wildman–Crippen LogP) is 0.193. The first kappa shape index (κ1) is 14.0. The molecule has 1 heterocycles. The first-order valence-corrected chi connectivity index (χ1v) is 6.29. The number of carbonyl (C=O) groups is 2. The van der Waals surface area contributed by atoms with Crippen molar-refractivity contribution in [3.8, 4) is 0 Å². The first-order valence-electron chi connectivity index (χ1n) is 6.29. The number of piperidine rings is 1. The maximum absolute atomic E-state index is 11.8. The van der Waals surface area contributed by atoms with E-state index in [2.05, 4.69) is 0 Å². The van der Waals surface area contributed by atoms with Gasteiger partial charge in [-0.2, -0.15) is 0 Å². The van der Waals surface area contributed by atoms with E-state index < -0.39 is 6.04 Å². The molecule has 1 saturated heterocycles. The van der Waals surface area contributed by atoms with Crippen LogP contribution in [0.25, 0.3) is 0 Å². The van der Waals surface area contributed by atoms with E-state index in [9.17, 15) is 9.59 Å². The Bertz CT molecular complexity index is 291. The summed E-state index contributed by atoms with van der Waals surface area (Å²) in [5.41, 5.74) is 5.61. The second-order valence-corrected chi connectivity index (χ2v) is 4.67. The quantitative estimate of drug-likeness (QED) is 0.767. The molecule has 98 valence electrons. The van der Waals surface area contributed by atoms with Gasteiger partial charge in [-0.3, -0.25) is 9.59 Å². The highest BCUT2D eigenvalue weighted by Gasteiger charge is 2.29. The molecule has 1 fully saturated rings. The van der Waals surface area contributed by atoms with Crippen molar-refractivity contribution in [3.63, 3.8) is 0 Å². The minimum Gasteiger partial charge on any atom is -0.339 e. The third-order valence-corrected chi connectivity index (χ3v) is 3.28. The number of rotatable bonds is 3. The van der Waals surface area contributed by atoms with Crippen molar-refractivity contribution in [1.82, 2.24) is 9.80 Å². The fourth-order valence-electron chi connectivity index (χ4n) is 2.44. The summed E-state index contributed by atoms with van der Waals surface area (Å²) in [4.78, 5) is 26.9. The Morgan fingerprint density at radius 3 is 2.65 bits per heavy atom. The molecule has 1 rings (SSSR count). The van der Waals surface area contributed by atoms with Crippen LogP contribution >= 0.6 is 0 Å². The highest BCUT2D eigenvalue weighted by atomic mass is 16.2. The Morgan fingerprint density at radius 2 is 2.18 bits per heavy atom. The summed E-state index contributed by atoms with van der Waals surface area (Å²) in [6.07, 6.45) is 1.91. The SMILES string of the molecule is CCN(C(C)=O)C1CCCN(C(=O)[C@H](C)N)C1. The van der Waals surface area contributed by atoms with Gasteiger partial charge in [0.05, 0.1) is 6.04 Å². The molecular weight excluding hydrogens is 218 g/mol. The van der Waals surface area contributed by atoms with Crippen LogP contribution in [0.15, 0.2) is 0 Å². The number of amides is 2. The van der Waals surface area contributed by atoms with Crippen LogP contribution in [0.5, 0.6) is 0 Å². The van der Waals surface area contributed by atoms with Crippen molar-refractivity contribution >= 4 is 11.8 Å². The summed E-state index contributed by atoms with van der Waals surface area (Å²) in [6, 6.07) is -0.310. The lowest BCUT2D eigenvalue weighted by Gasteiger charge is -2.39. The average Bonchev–Trinajstić information content (AvgIpc) is 2.28. The Labute approximate surface area is 103 Å². The summed E-state index contributed by atoms with van der Waals surface area (Å²) in [5.74, 6) is 0.0573. The number of hydrogen-bond donors (Lipinski definition) is 1. The molecule has 2 amide bonds. The Hall–Kier alpha value is -1.10. The van der Waals surface area contributed by atoms with Crippen LogP contribution in [0.4, 0.5) is 0 Å². The van der Waals surface area contributed by atoms with Gasteiger partial charge in [-0.05, 0) is 26.7 Å². The molecule has 0 bridgehead atoms. The zero-order chi connectivity index (χ0) is 13.0. The van der Waals surface area contributed by atoms with E-state index in [-0.39, 0.29) is 17.9 Å². The Kier molecular flexibility index (Phi) is 4.93. The topological polar surface area (TPSA) is 66.6 Å². The van der Waals surface area contributed by atoms with Gasteiger partial charge in [-0.25, -0.2) is 0 Å². The van der Waals surface area contributed by atoms with Crippen molar-refractivity contribution in [2.75, 3.05) is 19.6 Å². The van der Waals surface area contributed by atoms with E-state index >= 15 is 0 Å². The molecule has 2 atom stereocenters. The van der Waals surface area contributed by atoms with Gasteiger partial charge in [0, 0.05) is 32.6 Å². The standard InChI is InChI=1S/C12H23N3O2/c1-4-15(10(3)16)11-6-5-7-14(8-11)12(17)9(2)13/h9,11H,4-8,13H2,1-3H3/t9-,11?/m0/s1. The molecule has 0 aromatic heterocycles. The van der Waals surface area contributed by atoms with E-state index in [4.69, 9.17) is 5.73 Å². The van der Waals surface area contributed by atoms with Crippen molar-refractivity contribution in [2.24, 2.45) is 5.73 Å². The van der Waals surface area contributed by atoms with Gasteiger partial charge in [0.2, 0.25) is 11.8 Å². The molecule has 0 aliphatic carbocycles. The van der Waals surface area contributed by atoms with Gasteiger partial charge in [-0.1, -0.05) is 0 Å². The zero-order valence-electron chi connectivity index (χ0n) is 11.0. The number of nitrogens with zero attached hydrogens (tertiary/aromatic N) is 2. The Balaban J connectivity index is 2.65. The largest absolute Gasteiger partial charge is 0.339 e. The van der Waals surface area contributed by atoms with E-state index in [1.54, 1.807) is 18.7 Å². The number of nitrogens with two attached hydrogens (primary N) is 1. The van der Waals surface area contributed by atoms with Gasteiger partial charge in [0.25, 0.3) is 0 Å². The molecule has 0 aromatic carbocycles. The fraction of sp³-hybridized carbons (Fsp3) is 0.833. The van der Waals surface area contributed by atoms with Crippen LogP contribution in [-0.2, 0) is 9.59 Å². The lowest BCUT2D eigenvalue weighted by molar-refractivity contribution is -0.138. The van der Waals surface area contributed by atoms with Crippen molar-refractivity contribution in [2.45, 2.75) is 45.7 Å². The fourth-order valence-corrected chi connectivity index (χ4v) is 2.44. The maximum Gasteiger partial charge on any atom is 0.239 e. The van der Waals surface area contributed by atoms with E-state index in [0.29, 0.717) is 13.1 Å². The molecule has 17 heavy (non-hydrogen) atoms. The predicted molar refractivity (Wildman–Crippen MR) is 66.3 cm³/mol. The highest BCUT2D eigenvalue weighted by Crippen LogP contribution is 2.16. The van der Waals surface area contributed by atoms with Crippen molar-refractivity contribution in [1.29, 1.82) is 0 Å². The third-order valence-electron chi connectivity index (χ3n) is 3.28. The molecule has 0 aromatic rings. The van der Waals surface area contributed by atoms with Crippen molar-refractivity contribution in [3.05, 3.63) is 0 Å². The van der Waals surface area contributed by atoms with E-state index in [0.717, 1.165) is 19.4 Å². The summed E-state index contributed by atoms with van der Waals surface area (Å²) in [6.45, 7) is 7.32. The average molecular weight is 241 g/mol. The summed E-state index contributed by atoms with van der Waals surface area (Å²) < 4.78 is 0. The van der Waals surface area contributed by atoms with Crippen LogP contribution in [0.1, 0.15) is 33.6 Å². The summed E-state index contributed by atoms with van der Waals surface area (Å²) >= 11 is 0. The zero-order valence-corrected chi connectivity index (χ0v) is 11.0. The normalized spacial score (nSPS) is 22.1. The number of hydrogen-bond acceptors (Lipinski definition) is 3. The van der Waals surface area contributed by atoms with Gasteiger partial charge < -0.3 is 15.5 Å². The number of likely N-dealkylation sites (N-methyl/N-ethyl adjacent to an activating group) is 1. The monoisotopic (exact) mass is 241 g/mol. The van der Waals surface area contributed by atoms with Crippen LogP contribution in [0.2, 0.25) is 0 Å². The minimum absolute atomic E-state index is 0.0192. The van der Waals surface area contributed by atoms with Crippen LogP contribution < -0.4 is 5.73 Å². The van der Waals surface area contributed by atoms with Gasteiger partial charge in [-0.15, -0.1) is 0 Å². The summed E-state index contributed by atoms with van der Waals surface area (Å²) in [7, 11) is 0. The highest BCUT2D eigenvalue weighted by molar-refractivity contribution is 5.81. The smallest absolute Gasteiger partial charge is 0.239 e. The minimum atomic E-state index is -0.457. The molecule has 0 spiro atoms. The third kappa shape index (κ3) is 3.43. The lowest BCUT2D eigenvalue weighted by Crippen LogP contribution is -2.53. The van der Waals surface area contributed by atoms with E-state index in [1.807, 2.05) is 11.8 Å².